The van der Waals surface area contributed by atoms with Crippen LogP contribution in [0.5, 0.6) is 34.5 Å². The number of fused-ring (bicyclic) bond motifs is 4. The first-order chi connectivity index (χ1) is 58.1. The fourth-order valence-corrected chi connectivity index (χ4v) is 16.8. The molecule has 612 valence electrons. The molecule has 0 unspecified atom stereocenters. The molecule has 0 fully saturated rings. The summed E-state index contributed by atoms with van der Waals surface area (Å²) in [5, 5.41) is 0. The minimum Gasteiger partial charge on any atom is -0.567 e. The van der Waals surface area contributed by atoms with Crippen LogP contribution in [0.25, 0.3) is 0 Å². The van der Waals surface area contributed by atoms with Crippen molar-refractivity contribution in [1.82, 2.24) is 0 Å². The van der Waals surface area contributed by atoms with Crippen molar-refractivity contribution in [3.05, 3.63) is 357 Å². The molecule has 12 aromatic carbocycles. The largest absolute Gasteiger partial charge is 0.567 e. The number of hydrogen-bond donors (Lipinski definition) is 0. The van der Waals surface area contributed by atoms with E-state index in [0.29, 0.717) is 112 Å². The SMILES string of the molecule is COCCOCCOc1ccc(C(C)(C)c2ccc3c(c2)CN(c2ccccc2)CO3)cc1CN(Cc1cc(C(C)(C)c2ccc3c(c2)CN(c2ccccc2)CO3)cc(CN(Cc2cc(C(C)(C)c3ccc4c(c3)CN(c3ccccc3)CO4)cc3c2[OH+]CN(c2ccccc2)C3)c2ccccc2)c1OCCOCCOC)c1ccccc1. The quantitative estimate of drug-likeness (QED) is 0.0281. The van der Waals surface area contributed by atoms with Gasteiger partial charge < -0.3 is 71.9 Å². The maximum Gasteiger partial charge on any atom is 0.266 e. The lowest BCUT2D eigenvalue weighted by molar-refractivity contribution is 0.0523. The molecule has 16 heteroatoms. The molecule has 4 aliphatic heterocycles. The summed E-state index contributed by atoms with van der Waals surface area (Å²) < 4.78 is 62.8. The van der Waals surface area contributed by atoms with Gasteiger partial charge in [-0.2, -0.15) is 0 Å². The van der Waals surface area contributed by atoms with Crippen LogP contribution in [0.3, 0.4) is 0 Å². The van der Waals surface area contributed by atoms with Crippen molar-refractivity contribution in [2.24, 2.45) is 0 Å². The Bertz CT molecular complexity index is 5370. The van der Waals surface area contributed by atoms with Crippen molar-refractivity contribution in [1.29, 1.82) is 0 Å². The second-order valence-electron chi connectivity index (χ2n) is 33.0. The predicted molar refractivity (Wildman–Crippen MR) is 478 cm³/mol. The van der Waals surface area contributed by atoms with E-state index < -0.39 is 16.2 Å². The van der Waals surface area contributed by atoms with Crippen molar-refractivity contribution in [3.63, 3.8) is 0 Å². The van der Waals surface area contributed by atoms with Gasteiger partial charge in [-0.1, -0.05) is 175 Å². The van der Waals surface area contributed by atoms with E-state index in [4.69, 9.17) is 47.4 Å². The topological polar surface area (TPSA) is 115 Å². The zero-order chi connectivity index (χ0) is 81.7. The highest BCUT2D eigenvalue weighted by atomic mass is 16.6. The summed E-state index contributed by atoms with van der Waals surface area (Å²) in [6.07, 6.45) is 0. The van der Waals surface area contributed by atoms with Crippen molar-refractivity contribution >= 4 is 34.1 Å². The molecule has 4 heterocycles. The van der Waals surface area contributed by atoms with E-state index in [-0.39, 0.29) is 6.61 Å². The van der Waals surface area contributed by atoms with Crippen LogP contribution in [-0.4, -0.2) is 98.7 Å². The maximum absolute atomic E-state index is 7.52. The second-order valence-corrected chi connectivity index (χ2v) is 33.0. The van der Waals surface area contributed by atoms with Crippen molar-refractivity contribution in [2.45, 2.75) is 110 Å². The molecule has 4 aliphatic rings. The van der Waals surface area contributed by atoms with Crippen LogP contribution in [0.2, 0.25) is 0 Å². The van der Waals surface area contributed by atoms with E-state index in [0.717, 1.165) is 137 Å². The molecule has 0 saturated heterocycles. The number of hydrogen-bond acceptors (Lipinski definition) is 15. The van der Waals surface area contributed by atoms with E-state index in [1.807, 2.05) is 0 Å². The second kappa shape index (κ2) is 36.9. The zero-order valence-corrected chi connectivity index (χ0v) is 70.0. The molecule has 0 saturated carbocycles. The fourth-order valence-electron chi connectivity index (χ4n) is 16.8. The van der Waals surface area contributed by atoms with Gasteiger partial charge in [-0.15, -0.1) is 0 Å². The Morgan fingerprint density at radius 1 is 0.319 bits per heavy atom. The summed E-state index contributed by atoms with van der Waals surface area (Å²) in [6.45, 7) is 24.0. The first-order valence-corrected chi connectivity index (χ1v) is 41.7. The molecule has 0 amide bonds. The molecular formula is C103H111N6O10+. The minimum absolute atomic E-state index is 0.285. The Balaban J connectivity index is 0.826. The fraction of sp³-hybridized carbons (Fsp3) is 0.301. The third-order valence-corrected chi connectivity index (χ3v) is 24.1. The first kappa shape index (κ1) is 80.9. The number of aliphatic hydroxyl groups is 1. The van der Waals surface area contributed by atoms with Crippen LogP contribution >= 0.6 is 0 Å². The first-order valence-electron chi connectivity index (χ1n) is 41.7. The highest BCUT2D eigenvalue weighted by Gasteiger charge is 2.36. The van der Waals surface area contributed by atoms with Crippen molar-refractivity contribution in [3.8, 4) is 34.5 Å². The third kappa shape index (κ3) is 18.7. The summed E-state index contributed by atoms with van der Waals surface area (Å²) in [4.78, 5) is 14.3. The smallest absolute Gasteiger partial charge is 0.266 e. The zero-order valence-electron chi connectivity index (χ0n) is 70.0. The van der Waals surface area contributed by atoms with Crippen LogP contribution in [-0.2, 0) is 87.6 Å². The molecule has 0 bridgehead atoms. The summed E-state index contributed by atoms with van der Waals surface area (Å²) in [5.74, 6) is 5.33. The molecule has 0 aromatic heterocycles. The molecule has 119 heavy (non-hydrogen) atoms. The Labute approximate surface area is 702 Å². The van der Waals surface area contributed by atoms with Gasteiger partial charge in [0, 0.05) is 137 Å². The molecule has 16 nitrogen and oxygen atoms in total. The number of rotatable bonds is 34. The summed E-state index contributed by atoms with van der Waals surface area (Å²) in [6, 6.07) is 101. The normalized spacial score (nSPS) is 13.8. The minimum atomic E-state index is -0.579. The molecule has 12 aromatic rings. The van der Waals surface area contributed by atoms with E-state index in [1.165, 1.54) is 22.3 Å². The average Bonchev–Trinajstić information content (AvgIpc) is 0.764. The summed E-state index contributed by atoms with van der Waals surface area (Å²) in [7, 11) is 3.40. The number of aromatic hydroxyl groups is 1. The Hall–Kier alpha value is -11.9. The monoisotopic (exact) mass is 1590 g/mol. The third-order valence-electron chi connectivity index (χ3n) is 24.1. The Kier molecular flexibility index (Phi) is 25.1. The van der Waals surface area contributed by atoms with E-state index in [2.05, 4.69) is 350 Å². The Morgan fingerprint density at radius 3 is 1.08 bits per heavy atom. The van der Waals surface area contributed by atoms with Gasteiger partial charge >= 0.3 is 0 Å². The van der Waals surface area contributed by atoms with Gasteiger partial charge in [0.05, 0.1) is 63.9 Å². The van der Waals surface area contributed by atoms with Gasteiger partial charge in [0.15, 0.2) is 20.2 Å². The molecule has 16 rings (SSSR count). The molecule has 0 aliphatic carbocycles. The molecule has 0 radical (unpaired) electrons. The molecule has 1 N–H and O–H groups in total. The lowest BCUT2D eigenvalue weighted by Gasteiger charge is -2.35. The maximum atomic E-state index is 7.52. The highest BCUT2D eigenvalue weighted by Crippen LogP contribution is 2.47. The average molecular weight is 1590 g/mol. The van der Waals surface area contributed by atoms with Crippen LogP contribution in [0.4, 0.5) is 34.1 Å². The highest BCUT2D eigenvalue weighted by molar-refractivity contribution is 5.63. The van der Waals surface area contributed by atoms with E-state index >= 15 is 0 Å². The molecule has 0 atom stereocenters. The van der Waals surface area contributed by atoms with Gasteiger partial charge in [-0.3, -0.25) is 4.90 Å². The van der Waals surface area contributed by atoms with Crippen LogP contribution in [0, 0.1) is 0 Å². The lowest BCUT2D eigenvalue weighted by Crippen LogP contribution is -2.33. The standard InChI is InChI=1S/C103H110N6O10/c1-101(2,84-40-44-96-76(56-84)64-106(71-116-96)91-31-19-11-20-32-91)83-39-43-95(114-53-51-112-49-47-110-7)75(55-83)63-104(89-27-15-9-16-28-89)67-79-59-87(102(3,4)85-41-45-97-77(57-85)65-107(72-117-97)92-33-21-12-22-34-92)60-80(99(79)115-54-52-113-50-48-111-8)68-105(90-29-17-10-18-30-90)69-81-61-88(62-82-70-109(74-119-100(81)82)94-37-25-14-26-38-94)103(5,6)86-42-46-98-78(58-86)66-108(73-118-98)93-35-23-13-24-36-93/h9-46,55-62H,47-54,63-74H2,1-8H3/p+1. The Morgan fingerprint density at radius 2 is 0.647 bits per heavy atom. The van der Waals surface area contributed by atoms with Crippen LogP contribution in [0.15, 0.2) is 279 Å². The van der Waals surface area contributed by atoms with Crippen molar-refractivity contribution < 1.29 is 47.4 Å². The van der Waals surface area contributed by atoms with Crippen molar-refractivity contribution in [2.75, 3.05) is 123 Å². The van der Waals surface area contributed by atoms with Crippen LogP contribution in [0.1, 0.15) is 119 Å². The van der Waals surface area contributed by atoms with Gasteiger partial charge in [-0.25, -0.2) is 0 Å². The van der Waals surface area contributed by atoms with E-state index in [1.54, 1.807) is 14.2 Å². The van der Waals surface area contributed by atoms with Gasteiger partial charge in [0.2, 0.25) is 0 Å². The van der Waals surface area contributed by atoms with Gasteiger partial charge in [-0.05, 0) is 179 Å². The van der Waals surface area contributed by atoms with E-state index in [9.17, 15) is 0 Å². The summed E-state index contributed by atoms with van der Waals surface area (Å²) >= 11 is 0. The van der Waals surface area contributed by atoms with Gasteiger partial charge in [0.25, 0.3) is 12.5 Å². The number of methoxy groups -OCH3 is 2. The van der Waals surface area contributed by atoms with Gasteiger partial charge in [0.1, 0.15) is 42.0 Å². The lowest BCUT2D eigenvalue weighted by atomic mass is 9.76. The number of nitrogens with zero attached hydrogens (tertiary/aromatic N) is 6. The predicted octanol–water partition coefficient (Wildman–Crippen LogP) is 20.5. The summed E-state index contributed by atoms with van der Waals surface area (Å²) in [5.41, 5.74) is 21.0. The molecular weight excluding hydrogens is 1480 g/mol. The molecule has 0 spiro atoms. The number of anilines is 6. The number of benzene rings is 12. The van der Waals surface area contributed by atoms with Crippen LogP contribution < -0.4 is 53.1 Å². The number of ether oxygens (including phenoxy) is 10. The number of para-hydroxylation sites is 6.